The molecule has 0 saturated heterocycles. The van der Waals surface area contributed by atoms with Crippen LogP contribution < -0.4 is 5.32 Å². The Morgan fingerprint density at radius 2 is 1.42 bits per heavy atom. The Balaban J connectivity index is 1.67. The van der Waals surface area contributed by atoms with Crippen molar-refractivity contribution in [3.05, 3.63) is 89.5 Å². The third kappa shape index (κ3) is 5.23. The fourth-order valence-electron chi connectivity index (χ4n) is 3.69. The van der Waals surface area contributed by atoms with E-state index in [1.807, 2.05) is 0 Å². The van der Waals surface area contributed by atoms with Crippen LogP contribution in [0.2, 0.25) is 0 Å². The maximum absolute atomic E-state index is 5.00. The number of hydrogen-bond donors (Lipinski definition) is 1. The van der Waals surface area contributed by atoms with Crippen molar-refractivity contribution in [1.29, 1.82) is 0 Å². The summed E-state index contributed by atoms with van der Waals surface area (Å²) >= 11 is 1.71. The van der Waals surface area contributed by atoms with Gasteiger partial charge in [0.25, 0.3) is 0 Å². The number of aryl methyl sites for hydroxylation is 2. The van der Waals surface area contributed by atoms with Gasteiger partial charge in [-0.25, -0.2) is 4.98 Å². The lowest BCUT2D eigenvalue weighted by Crippen LogP contribution is -1.95. The molecule has 0 spiro atoms. The number of thiazole rings is 1. The third-order valence-corrected chi connectivity index (χ3v) is 6.45. The molecular formula is C28H30N2S. The van der Waals surface area contributed by atoms with Crippen molar-refractivity contribution in [2.24, 2.45) is 5.92 Å². The van der Waals surface area contributed by atoms with Crippen LogP contribution >= 0.6 is 11.3 Å². The number of nitrogens with zero attached hydrogens (tertiary/aromatic N) is 1. The predicted molar refractivity (Wildman–Crippen MR) is 135 cm³/mol. The van der Waals surface area contributed by atoms with Gasteiger partial charge in [0.15, 0.2) is 5.13 Å². The lowest BCUT2D eigenvalue weighted by molar-refractivity contribution is 0.647. The molecule has 0 aliphatic heterocycles. The fraction of sp³-hybridized carbons (Fsp3) is 0.250. The van der Waals surface area contributed by atoms with Crippen LogP contribution in [-0.2, 0) is 12.8 Å². The van der Waals surface area contributed by atoms with Crippen molar-refractivity contribution in [1.82, 2.24) is 4.98 Å². The first-order valence-electron chi connectivity index (χ1n) is 11.0. The summed E-state index contributed by atoms with van der Waals surface area (Å²) in [4.78, 5) is 6.20. The van der Waals surface area contributed by atoms with Gasteiger partial charge in [-0.05, 0) is 54.5 Å². The molecule has 0 amide bonds. The van der Waals surface area contributed by atoms with Crippen molar-refractivity contribution in [3.63, 3.8) is 0 Å². The molecule has 0 aliphatic rings. The second-order valence-electron chi connectivity index (χ2n) is 8.53. The Labute approximate surface area is 190 Å². The number of rotatable bonds is 7. The maximum atomic E-state index is 5.00. The second kappa shape index (κ2) is 9.49. The molecule has 0 bridgehead atoms. The van der Waals surface area contributed by atoms with E-state index in [4.69, 9.17) is 4.98 Å². The largest absolute Gasteiger partial charge is 0.332 e. The monoisotopic (exact) mass is 426 g/mol. The number of hydrogen-bond acceptors (Lipinski definition) is 3. The van der Waals surface area contributed by atoms with E-state index in [2.05, 4.69) is 106 Å². The summed E-state index contributed by atoms with van der Waals surface area (Å²) in [5.74, 6) is 0.663. The zero-order valence-electron chi connectivity index (χ0n) is 18.8. The quantitative estimate of drug-likeness (QED) is 0.321. The Morgan fingerprint density at radius 3 is 2.03 bits per heavy atom. The minimum absolute atomic E-state index is 0.663. The fourth-order valence-corrected chi connectivity index (χ4v) is 4.70. The van der Waals surface area contributed by atoms with Crippen LogP contribution in [0.15, 0.2) is 72.8 Å². The van der Waals surface area contributed by atoms with Gasteiger partial charge in [-0.15, -0.1) is 0 Å². The highest BCUT2D eigenvalue weighted by Crippen LogP contribution is 2.40. The van der Waals surface area contributed by atoms with Gasteiger partial charge < -0.3 is 5.32 Å². The molecule has 4 rings (SSSR count). The van der Waals surface area contributed by atoms with Gasteiger partial charge in [0, 0.05) is 11.3 Å². The smallest absolute Gasteiger partial charge is 0.188 e. The molecule has 0 fully saturated rings. The Morgan fingerprint density at radius 1 is 0.806 bits per heavy atom. The Hall–Kier alpha value is -2.91. The SMILES string of the molecule is CCc1ccc(-c2sc(Nc3ccc(CC(C)C)cc3)nc2-c2ccc(C)cc2)cc1. The normalized spacial score (nSPS) is 11.1. The Kier molecular flexibility index (Phi) is 6.53. The lowest BCUT2D eigenvalue weighted by Gasteiger charge is -2.07. The zero-order chi connectivity index (χ0) is 21.8. The summed E-state index contributed by atoms with van der Waals surface area (Å²) in [6.45, 7) is 8.81. The van der Waals surface area contributed by atoms with E-state index in [1.165, 1.54) is 27.1 Å². The number of anilines is 2. The molecular weight excluding hydrogens is 396 g/mol. The van der Waals surface area contributed by atoms with Gasteiger partial charge in [0.1, 0.15) is 0 Å². The maximum Gasteiger partial charge on any atom is 0.188 e. The molecule has 1 N–H and O–H groups in total. The van der Waals surface area contributed by atoms with Gasteiger partial charge in [0.2, 0.25) is 0 Å². The summed E-state index contributed by atoms with van der Waals surface area (Å²) in [5, 5.41) is 4.44. The summed E-state index contributed by atoms with van der Waals surface area (Å²) in [6.07, 6.45) is 2.15. The zero-order valence-corrected chi connectivity index (χ0v) is 19.6. The van der Waals surface area contributed by atoms with Crippen LogP contribution in [0.25, 0.3) is 21.7 Å². The first kappa shape index (κ1) is 21.3. The average Bonchev–Trinajstić information content (AvgIpc) is 3.19. The minimum Gasteiger partial charge on any atom is -0.332 e. The predicted octanol–water partition coefficient (Wildman–Crippen LogP) is 8.29. The molecule has 0 aliphatic carbocycles. The molecule has 1 aromatic heterocycles. The van der Waals surface area contributed by atoms with Crippen molar-refractivity contribution in [2.75, 3.05) is 5.32 Å². The van der Waals surface area contributed by atoms with Gasteiger partial charge in [-0.2, -0.15) is 0 Å². The van der Waals surface area contributed by atoms with E-state index in [1.54, 1.807) is 11.3 Å². The standard InChI is InChI=1S/C28H30N2S/c1-5-21-8-14-24(15-9-21)27-26(23-12-6-20(4)7-13-23)30-28(31-27)29-25-16-10-22(11-17-25)18-19(2)3/h6-17,19H,5,18H2,1-4H3,(H,29,30). The molecule has 3 heteroatoms. The average molecular weight is 427 g/mol. The van der Waals surface area contributed by atoms with Crippen LogP contribution in [0, 0.1) is 12.8 Å². The summed E-state index contributed by atoms with van der Waals surface area (Å²) in [6, 6.07) is 26.2. The highest BCUT2D eigenvalue weighted by Gasteiger charge is 2.15. The van der Waals surface area contributed by atoms with Crippen molar-refractivity contribution in [2.45, 2.75) is 40.5 Å². The van der Waals surface area contributed by atoms with Crippen LogP contribution in [0.4, 0.5) is 10.8 Å². The van der Waals surface area contributed by atoms with Crippen LogP contribution in [0.3, 0.4) is 0 Å². The van der Waals surface area contributed by atoms with Gasteiger partial charge in [0.05, 0.1) is 10.6 Å². The minimum atomic E-state index is 0.663. The highest BCUT2D eigenvalue weighted by molar-refractivity contribution is 7.19. The highest BCUT2D eigenvalue weighted by atomic mass is 32.1. The molecule has 2 nitrogen and oxygen atoms in total. The summed E-state index contributed by atoms with van der Waals surface area (Å²) in [5.41, 5.74) is 8.45. The molecule has 158 valence electrons. The van der Waals surface area contributed by atoms with Gasteiger partial charge in [-0.1, -0.05) is 98.3 Å². The van der Waals surface area contributed by atoms with E-state index < -0.39 is 0 Å². The van der Waals surface area contributed by atoms with E-state index >= 15 is 0 Å². The first-order valence-corrected chi connectivity index (χ1v) is 11.9. The number of nitrogens with one attached hydrogen (secondary N) is 1. The molecule has 0 radical (unpaired) electrons. The third-order valence-electron chi connectivity index (χ3n) is 5.43. The summed E-state index contributed by atoms with van der Waals surface area (Å²) < 4.78 is 0. The van der Waals surface area contributed by atoms with E-state index in [0.29, 0.717) is 5.92 Å². The summed E-state index contributed by atoms with van der Waals surface area (Å²) in [7, 11) is 0. The topological polar surface area (TPSA) is 24.9 Å². The number of benzene rings is 3. The molecule has 1 heterocycles. The van der Waals surface area contributed by atoms with E-state index in [9.17, 15) is 0 Å². The van der Waals surface area contributed by atoms with Crippen LogP contribution in [-0.4, -0.2) is 4.98 Å². The lowest BCUT2D eigenvalue weighted by atomic mass is 10.0. The van der Waals surface area contributed by atoms with E-state index in [-0.39, 0.29) is 0 Å². The first-order chi connectivity index (χ1) is 15.0. The Bertz CT molecular complexity index is 1120. The molecule has 3 aromatic carbocycles. The molecule has 0 unspecified atom stereocenters. The molecule has 0 saturated carbocycles. The van der Waals surface area contributed by atoms with Crippen molar-refractivity contribution in [3.8, 4) is 21.7 Å². The van der Waals surface area contributed by atoms with Crippen molar-refractivity contribution < 1.29 is 0 Å². The van der Waals surface area contributed by atoms with Crippen LogP contribution in [0.1, 0.15) is 37.5 Å². The van der Waals surface area contributed by atoms with Gasteiger partial charge >= 0.3 is 0 Å². The van der Waals surface area contributed by atoms with Gasteiger partial charge in [-0.3, -0.25) is 0 Å². The molecule has 0 atom stereocenters. The van der Waals surface area contributed by atoms with Crippen molar-refractivity contribution >= 4 is 22.2 Å². The number of aromatic nitrogens is 1. The molecule has 31 heavy (non-hydrogen) atoms. The van der Waals surface area contributed by atoms with E-state index in [0.717, 1.165) is 34.9 Å². The molecule has 4 aromatic rings. The van der Waals surface area contributed by atoms with Crippen LogP contribution in [0.5, 0.6) is 0 Å². The second-order valence-corrected chi connectivity index (χ2v) is 9.53.